The van der Waals surface area contributed by atoms with Gasteiger partial charge in [0.1, 0.15) is 0 Å². The van der Waals surface area contributed by atoms with Gasteiger partial charge in [0.15, 0.2) is 0 Å². The molecule has 2 saturated carbocycles. The van der Waals surface area contributed by atoms with Crippen molar-refractivity contribution < 1.29 is 0 Å². The van der Waals surface area contributed by atoms with Crippen LogP contribution < -0.4 is 0 Å². The highest BCUT2D eigenvalue weighted by atomic mass is 14.4. The van der Waals surface area contributed by atoms with Crippen molar-refractivity contribution in [1.82, 2.24) is 0 Å². The van der Waals surface area contributed by atoms with Gasteiger partial charge in [0.25, 0.3) is 0 Å². The van der Waals surface area contributed by atoms with Gasteiger partial charge in [-0.25, -0.2) is 0 Å². The summed E-state index contributed by atoms with van der Waals surface area (Å²) in [5.74, 6) is 2.96. The van der Waals surface area contributed by atoms with Crippen LogP contribution in [0.2, 0.25) is 0 Å². The first kappa shape index (κ1) is 9.50. The Balaban J connectivity index is 1.85. The minimum absolute atomic E-state index is 0.971. The van der Waals surface area contributed by atoms with Crippen LogP contribution in [0.25, 0.3) is 0 Å². The summed E-state index contributed by atoms with van der Waals surface area (Å²) in [6.07, 6.45) is 15.9. The molecule has 0 heterocycles. The first-order chi connectivity index (χ1) is 7.93. The number of hydrogen-bond donors (Lipinski definition) is 0. The second-order valence-electron chi connectivity index (χ2n) is 6.33. The van der Waals surface area contributed by atoms with E-state index in [1.807, 2.05) is 11.1 Å². The molecule has 0 aliphatic heterocycles. The van der Waals surface area contributed by atoms with E-state index in [9.17, 15) is 0 Å². The molecule has 4 aliphatic rings. The van der Waals surface area contributed by atoms with Crippen LogP contribution >= 0.6 is 0 Å². The van der Waals surface area contributed by atoms with Gasteiger partial charge in [-0.3, -0.25) is 0 Å². The van der Waals surface area contributed by atoms with E-state index < -0.39 is 0 Å². The zero-order valence-corrected chi connectivity index (χ0v) is 10.2. The molecule has 0 heteroatoms. The standard InChI is InChI=1S/C16H22/c1-3-11-7-9-13-5-2-6-14-10-8-12(4-1)15(11)16(13)14/h7,12-14H,1-6,8-10H2. The first-order valence-electron chi connectivity index (χ1n) is 7.37. The van der Waals surface area contributed by atoms with Crippen molar-refractivity contribution in [3.8, 4) is 0 Å². The molecule has 0 aromatic rings. The zero-order chi connectivity index (χ0) is 10.5. The fourth-order valence-electron chi connectivity index (χ4n) is 4.93. The maximum atomic E-state index is 2.61. The van der Waals surface area contributed by atoms with Crippen molar-refractivity contribution in [2.24, 2.45) is 17.8 Å². The van der Waals surface area contributed by atoms with Gasteiger partial charge in [-0.1, -0.05) is 18.1 Å². The van der Waals surface area contributed by atoms with Crippen molar-refractivity contribution in [2.75, 3.05) is 0 Å². The highest BCUT2D eigenvalue weighted by Gasteiger charge is 2.39. The van der Waals surface area contributed by atoms with E-state index in [-0.39, 0.29) is 0 Å². The van der Waals surface area contributed by atoms with Crippen LogP contribution in [0.3, 0.4) is 0 Å². The molecule has 4 rings (SSSR count). The molecular weight excluding hydrogens is 192 g/mol. The fraction of sp³-hybridized carbons (Fsp3) is 0.750. The zero-order valence-electron chi connectivity index (χ0n) is 10.2. The van der Waals surface area contributed by atoms with Crippen LogP contribution in [0.5, 0.6) is 0 Å². The normalized spacial score (nSPS) is 41.5. The van der Waals surface area contributed by atoms with Crippen LogP contribution in [0.4, 0.5) is 0 Å². The molecule has 0 aromatic heterocycles. The largest absolute Gasteiger partial charge is 0.0804 e. The molecule has 2 fully saturated rings. The van der Waals surface area contributed by atoms with Gasteiger partial charge in [-0.2, -0.15) is 0 Å². The van der Waals surface area contributed by atoms with Crippen LogP contribution in [-0.2, 0) is 0 Å². The molecule has 0 amide bonds. The summed E-state index contributed by atoms with van der Waals surface area (Å²) in [5.41, 5.74) is 5.66. The minimum atomic E-state index is 0.971. The third kappa shape index (κ3) is 1.22. The third-order valence-electron chi connectivity index (χ3n) is 5.56. The number of hydrogen-bond acceptors (Lipinski definition) is 0. The maximum Gasteiger partial charge on any atom is -0.0159 e. The van der Waals surface area contributed by atoms with E-state index in [1.54, 1.807) is 5.57 Å². The quantitative estimate of drug-likeness (QED) is 0.552. The van der Waals surface area contributed by atoms with E-state index >= 15 is 0 Å². The molecule has 0 spiro atoms. The fourth-order valence-corrected chi connectivity index (χ4v) is 4.93. The van der Waals surface area contributed by atoms with Crippen LogP contribution in [0, 0.1) is 17.8 Å². The average Bonchev–Trinajstić information content (AvgIpc) is 2.36. The van der Waals surface area contributed by atoms with Gasteiger partial charge in [-0.05, 0) is 80.3 Å². The van der Waals surface area contributed by atoms with Crippen LogP contribution in [0.15, 0.2) is 22.8 Å². The van der Waals surface area contributed by atoms with E-state index in [4.69, 9.17) is 0 Å². The Hall–Kier alpha value is -0.520. The van der Waals surface area contributed by atoms with Gasteiger partial charge >= 0.3 is 0 Å². The average molecular weight is 214 g/mol. The molecule has 0 bridgehead atoms. The molecule has 0 saturated heterocycles. The summed E-state index contributed by atoms with van der Waals surface area (Å²) in [6, 6.07) is 0. The molecule has 0 radical (unpaired) electrons. The highest BCUT2D eigenvalue weighted by molar-refractivity contribution is 5.45. The predicted molar refractivity (Wildman–Crippen MR) is 67.1 cm³/mol. The van der Waals surface area contributed by atoms with Crippen molar-refractivity contribution >= 4 is 0 Å². The number of rotatable bonds is 0. The Morgan fingerprint density at radius 2 is 1.62 bits per heavy atom. The summed E-state index contributed by atoms with van der Waals surface area (Å²) in [7, 11) is 0. The van der Waals surface area contributed by atoms with Crippen molar-refractivity contribution in [3.63, 3.8) is 0 Å². The van der Waals surface area contributed by atoms with Crippen molar-refractivity contribution in [2.45, 2.75) is 57.8 Å². The molecule has 3 atom stereocenters. The van der Waals surface area contributed by atoms with E-state index in [1.165, 1.54) is 57.8 Å². The predicted octanol–water partition coefficient (Wildman–Crippen LogP) is 4.62. The molecule has 86 valence electrons. The lowest BCUT2D eigenvalue weighted by Crippen LogP contribution is -2.32. The lowest BCUT2D eigenvalue weighted by molar-refractivity contribution is 0.279. The SMILES string of the molecule is C1=C2CCCC3CCC4CCCC(C1)C4=C23. The van der Waals surface area contributed by atoms with Crippen molar-refractivity contribution in [3.05, 3.63) is 22.8 Å². The molecule has 0 aromatic carbocycles. The maximum absolute atomic E-state index is 2.61. The molecular formula is C16H22. The topological polar surface area (TPSA) is 0 Å². The lowest BCUT2D eigenvalue weighted by atomic mass is 9.59. The van der Waals surface area contributed by atoms with Gasteiger partial charge in [0, 0.05) is 0 Å². The summed E-state index contributed by atoms with van der Waals surface area (Å²) in [5, 5.41) is 0. The second kappa shape index (κ2) is 3.48. The summed E-state index contributed by atoms with van der Waals surface area (Å²) in [4.78, 5) is 0. The monoisotopic (exact) mass is 214 g/mol. The number of allylic oxidation sites excluding steroid dienone is 4. The highest BCUT2D eigenvalue weighted by Crippen LogP contribution is 2.54. The van der Waals surface area contributed by atoms with E-state index in [0.717, 1.165) is 17.8 Å². The first-order valence-corrected chi connectivity index (χ1v) is 7.37. The summed E-state index contributed by atoms with van der Waals surface area (Å²) >= 11 is 0. The van der Waals surface area contributed by atoms with Gasteiger partial charge in [-0.15, -0.1) is 0 Å². The van der Waals surface area contributed by atoms with Gasteiger partial charge < -0.3 is 0 Å². The molecule has 0 N–H and O–H groups in total. The van der Waals surface area contributed by atoms with Crippen LogP contribution in [-0.4, -0.2) is 0 Å². The molecule has 16 heavy (non-hydrogen) atoms. The van der Waals surface area contributed by atoms with Gasteiger partial charge in [0.05, 0.1) is 0 Å². The summed E-state index contributed by atoms with van der Waals surface area (Å²) < 4.78 is 0. The Labute approximate surface area is 98.8 Å². The molecule has 3 unspecified atom stereocenters. The smallest absolute Gasteiger partial charge is 0.0159 e. The Kier molecular flexibility index (Phi) is 2.07. The lowest BCUT2D eigenvalue weighted by Gasteiger charge is -2.46. The molecule has 4 aliphatic carbocycles. The Morgan fingerprint density at radius 1 is 0.812 bits per heavy atom. The third-order valence-corrected chi connectivity index (χ3v) is 5.56. The van der Waals surface area contributed by atoms with Crippen molar-refractivity contribution in [1.29, 1.82) is 0 Å². The molecule has 0 nitrogen and oxygen atoms in total. The summed E-state index contributed by atoms with van der Waals surface area (Å²) in [6.45, 7) is 0. The van der Waals surface area contributed by atoms with E-state index in [0.29, 0.717) is 0 Å². The van der Waals surface area contributed by atoms with Gasteiger partial charge in [0.2, 0.25) is 0 Å². The minimum Gasteiger partial charge on any atom is -0.0804 e. The Morgan fingerprint density at radius 3 is 2.62 bits per heavy atom. The Bertz CT molecular complexity index is 371. The second-order valence-corrected chi connectivity index (χ2v) is 6.33. The van der Waals surface area contributed by atoms with E-state index in [2.05, 4.69) is 6.08 Å². The van der Waals surface area contributed by atoms with Crippen LogP contribution in [0.1, 0.15) is 57.8 Å².